The summed E-state index contributed by atoms with van der Waals surface area (Å²) in [5, 5.41) is 16.6. The second kappa shape index (κ2) is 20.7. The second-order valence-corrected chi connectivity index (χ2v) is 21.6. The van der Waals surface area contributed by atoms with Gasteiger partial charge in [-0.3, -0.25) is 24.0 Å². The summed E-state index contributed by atoms with van der Waals surface area (Å²) in [6, 6.07) is 19.4. The number of hydrogen-bond donors (Lipinski definition) is 3. The first-order chi connectivity index (χ1) is 29.7. The molecule has 4 radical (unpaired) electrons. The lowest BCUT2D eigenvalue weighted by molar-refractivity contribution is -0.134. The molecular weight excluding hydrogens is 806 g/mol. The maximum atomic E-state index is 13.1. The van der Waals surface area contributed by atoms with Gasteiger partial charge in [0, 0.05) is 35.8 Å². The lowest BCUT2D eigenvalue weighted by Crippen LogP contribution is -2.49. The number of aliphatic hydroxyl groups excluding tert-OH is 1. The van der Waals surface area contributed by atoms with Crippen molar-refractivity contribution in [3.8, 4) is 0 Å². The monoisotopic (exact) mass is 879 g/mol. The van der Waals surface area contributed by atoms with E-state index in [-0.39, 0.29) is 76.6 Å². The number of Topliss-reactive ketones (excluding diaryl/α,β-unsaturated/α-hetero) is 1. The number of benzene rings is 2. The van der Waals surface area contributed by atoms with Crippen molar-refractivity contribution in [1.82, 2.24) is 20.4 Å². The molecule has 4 amide bonds. The van der Waals surface area contributed by atoms with Crippen LogP contribution in [-0.4, -0.2) is 113 Å². The molecule has 4 aliphatic rings. The van der Waals surface area contributed by atoms with Crippen LogP contribution in [0.25, 0.3) is 0 Å². The first kappa shape index (κ1) is 51.0. The van der Waals surface area contributed by atoms with Crippen LogP contribution in [0.1, 0.15) is 132 Å². The van der Waals surface area contributed by atoms with E-state index in [2.05, 4.69) is 10.6 Å². The molecule has 12 nitrogen and oxygen atoms in total. The molecule has 9 atom stereocenters. The number of carbonyl (C=O) groups is 5. The van der Waals surface area contributed by atoms with E-state index in [1.807, 2.05) is 130 Å². The number of hydrogen-bond acceptors (Lipinski definition) is 8. The molecule has 64 heavy (non-hydrogen) atoms. The average molecular weight is 879 g/mol. The van der Waals surface area contributed by atoms with Crippen molar-refractivity contribution in [1.29, 1.82) is 0 Å². The Morgan fingerprint density at radius 1 is 0.672 bits per heavy atom. The molecule has 2 heterocycles. The first-order valence-corrected chi connectivity index (χ1v) is 23.2. The van der Waals surface area contributed by atoms with Gasteiger partial charge in [-0.05, 0) is 144 Å². The van der Waals surface area contributed by atoms with Crippen molar-refractivity contribution in [3.63, 3.8) is 0 Å². The molecule has 2 aromatic rings. The summed E-state index contributed by atoms with van der Waals surface area (Å²) < 4.78 is 12.7. The third-order valence-electron chi connectivity index (χ3n) is 13.1. The number of ketones is 1. The van der Waals surface area contributed by atoms with E-state index in [9.17, 15) is 29.1 Å². The Hall–Kier alpha value is -4.00. The summed E-state index contributed by atoms with van der Waals surface area (Å²) >= 11 is 0. The summed E-state index contributed by atoms with van der Waals surface area (Å²) in [6.45, 7) is 19.2. The summed E-state index contributed by atoms with van der Waals surface area (Å²) in [5.74, 6) is -1.46. The third kappa shape index (κ3) is 13.5. The van der Waals surface area contributed by atoms with Crippen LogP contribution in [-0.2, 0) is 36.7 Å². The van der Waals surface area contributed by atoms with Gasteiger partial charge in [0.05, 0.1) is 30.4 Å². The molecule has 5 unspecified atom stereocenters. The molecule has 0 aromatic heterocycles. The van der Waals surface area contributed by atoms with E-state index < -0.39 is 29.2 Å². The van der Waals surface area contributed by atoms with Gasteiger partial charge >= 0.3 is 0 Å². The van der Waals surface area contributed by atoms with E-state index in [1.165, 1.54) is 0 Å². The van der Waals surface area contributed by atoms with Crippen LogP contribution in [0.15, 0.2) is 60.7 Å². The van der Waals surface area contributed by atoms with Crippen LogP contribution in [0, 0.1) is 23.7 Å². The fraction of sp³-hybridized carbons (Fsp3) is 0.660. The Balaban J connectivity index is 0.000000241. The number of nitrogens with zero attached hydrogens (tertiary/aromatic N) is 2. The summed E-state index contributed by atoms with van der Waals surface area (Å²) in [7, 11) is 11.6. The molecule has 2 aromatic carbocycles. The van der Waals surface area contributed by atoms with Crippen molar-refractivity contribution >= 4 is 44.9 Å². The van der Waals surface area contributed by atoms with Gasteiger partial charge < -0.3 is 35.0 Å². The van der Waals surface area contributed by atoms with Gasteiger partial charge in [-0.1, -0.05) is 60.7 Å². The molecule has 6 rings (SSSR count). The predicted molar refractivity (Wildman–Crippen MR) is 249 cm³/mol. The zero-order valence-corrected chi connectivity index (χ0v) is 39.9. The molecule has 4 fully saturated rings. The smallest absolute Gasteiger partial charge is 0.223 e. The summed E-state index contributed by atoms with van der Waals surface area (Å²) in [4.78, 5) is 66.4. The second-order valence-electron chi connectivity index (χ2n) is 21.6. The fourth-order valence-electron chi connectivity index (χ4n) is 10.6. The zero-order chi connectivity index (χ0) is 47.4. The number of aliphatic hydroxyl groups is 1. The van der Waals surface area contributed by atoms with E-state index >= 15 is 0 Å². The van der Waals surface area contributed by atoms with Crippen molar-refractivity contribution < 1.29 is 38.6 Å². The first-order valence-electron chi connectivity index (χ1n) is 23.2. The lowest BCUT2D eigenvalue weighted by atomic mass is 9.73. The van der Waals surface area contributed by atoms with Crippen LogP contribution in [0.5, 0.6) is 0 Å². The maximum Gasteiger partial charge on any atom is 0.223 e. The maximum absolute atomic E-state index is 13.1. The van der Waals surface area contributed by atoms with Gasteiger partial charge in [0.15, 0.2) is 11.6 Å². The Bertz CT molecular complexity index is 1930. The molecule has 2 aliphatic heterocycles. The number of carbonyl (C=O) groups excluding carboxylic acids is 5. The molecule has 2 aliphatic carbocycles. The highest BCUT2D eigenvalue weighted by Crippen LogP contribution is 2.43. The summed E-state index contributed by atoms with van der Waals surface area (Å²) in [5.41, 5.74) is -0.183. The molecule has 2 saturated carbocycles. The molecule has 346 valence electrons. The molecule has 0 bridgehead atoms. The van der Waals surface area contributed by atoms with E-state index in [0.717, 1.165) is 11.1 Å². The third-order valence-corrected chi connectivity index (χ3v) is 13.1. The van der Waals surface area contributed by atoms with Gasteiger partial charge in [0.1, 0.15) is 17.2 Å². The van der Waals surface area contributed by atoms with Crippen LogP contribution in [0.2, 0.25) is 0 Å². The van der Waals surface area contributed by atoms with Crippen molar-refractivity contribution in [2.24, 2.45) is 23.7 Å². The number of nitrogens with one attached hydrogen (secondary N) is 2. The van der Waals surface area contributed by atoms with Crippen LogP contribution < -0.4 is 10.6 Å². The number of rotatable bonds is 10. The van der Waals surface area contributed by atoms with Gasteiger partial charge in [-0.15, -0.1) is 0 Å². The largest absolute Gasteiger partial charge is 0.393 e. The van der Waals surface area contributed by atoms with Crippen LogP contribution in [0.3, 0.4) is 0 Å². The van der Waals surface area contributed by atoms with Crippen molar-refractivity contribution in [3.05, 3.63) is 71.8 Å². The van der Waals surface area contributed by atoms with Gasteiger partial charge in [-0.2, -0.15) is 0 Å². The van der Waals surface area contributed by atoms with Crippen molar-refractivity contribution in [2.75, 3.05) is 0 Å². The Labute approximate surface area is 384 Å². The standard InChI is InChI=1S/C25H37BN2O4.C25H35BN2O4/c2*1-24(2,3)27-22(30)19-12-11-18(29)14-17(19)15-21-20(13-16-9-7-6-8-10-16)28(23(26)31)25(4,5)32-21/h6-10,17-21,29H,11-15H2,1-5H3,(H,27,30);6-10,17,19-21H,11-15H2,1-5H3,(H,27,30)/t17?,18?,19?,20-,21+;17?,19?,20-,21+/m00/s1. The lowest BCUT2D eigenvalue weighted by Gasteiger charge is -2.37. The molecular formula is C50H72B2N4O8. The number of amides is 4. The Morgan fingerprint density at radius 3 is 1.48 bits per heavy atom. The molecule has 3 N–H and O–H groups in total. The normalized spacial score (nSPS) is 29.0. The molecule has 2 saturated heterocycles. The zero-order valence-electron chi connectivity index (χ0n) is 39.9. The van der Waals surface area contributed by atoms with Crippen LogP contribution >= 0.6 is 0 Å². The Morgan fingerprint density at radius 2 is 1.08 bits per heavy atom. The summed E-state index contributed by atoms with van der Waals surface area (Å²) in [6.07, 6.45) is 4.45. The van der Waals surface area contributed by atoms with E-state index in [1.54, 1.807) is 9.80 Å². The molecule has 0 spiro atoms. The predicted octanol–water partition coefficient (Wildman–Crippen LogP) is 7.02. The SMILES string of the molecule is [B]C(=O)N1[C@@H](Cc2ccccc2)[C@@H](CC2CC(=O)CCC2C(=O)NC(C)(C)C)OC1(C)C.[B]C(=O)N1[C@@H](Cc2ccccc2)[C@@H](CC2CC(O)CCC2C(=O)NC(C)(C)C)OC1(C)C. The van der Waals surface area contributed by atoms with E-state index in [0.29, 0.717) is 64.2 Å². The highest BCUT2D eigenvalue weighted by molar-refractivity contribution is 6.57. The Kier molecular flexibility index (Phi) is 16.5. The van der Waals surface area contributed by atoms with Gasteiger partial charge in [0.2, 0.25) is 27.5 Å². The van der Waals surface area contributed by atoms with Gasteiger partial charge in [-0.25, -0.2) is 0 Å². The quantitative estimate of drug-likeness (QED) is 0.216. The van der Waals surface area contributed by atoms with Crippen molar-refractivity contribution in [2.45, 2.75) is 186 Å². The molecule has 14 heteroatoms. The number of ether oxygens (including phenoxy) is 2. The van der Waals surface area contributed by atoms with E-state index in [4.69, 9.17) is 25.2 Å². The highest BCUT2D eigenvalue weighted by atomic mass is 16.5. The minimum absolute atomic E-state index is 0.0152. The fourth-order valence-corrected chi connectivity index (χ4v) is 10.6. The van der Waals surface area contributed by atoms with Crippen LogP contribution in [0.4, 0.5) is 9.59 Å². The van der Waals surface area contributed by atoms with Gasteiger partial charge in [0.25, 0.3) is 0 Å². The highest BCUT2D eigenvalue weighted by Gasteiger charge is 2.51. The minimum Gasteiger partial charge on any atom is -0.393 e. The average Bonchev–Trinajstić information content (AvgIpc) is 3.56. The minimum atomic E-state index is -0.863. The topological polar surface area (TPSA) is 155 Å².